The predicted molar refractivity (Wildman–Crippen MR) is 65.0 cm³/mol. The van der Waals surface area contributed by atoms with Crippen LogP contribution in [0.3, 0.4) is 0 Å². The number of carboxylic acid groups (broad SMARTS) is 1. The molecule has 0 radical (unpaired) electrons. The maximum absolute atomic E-state index is 11.6. The Hall–Kier alpha value is -2.18. The van der Waals surface area contributed by atoms with E-state index in [2.05, 4.69) is 11.3 Å². The molecular weight excluding hydrogens is 252 g/mol. The molecule has 0 spiro atoms. The highest BCUT2D eigenvalue weighted by Gasteiger charge is 2.29. The summed E-state index contributed by atoms with van der Waals surface area (Å²) in [7, 11) is 0. The van der Waals surface area contributed by atoms with Gasteiger partial charge in [-0.3, -0.25) is 0 Å². The molecule has 0 atom stereocenters. The quantitative estimate of drug-likeness (QED) is 0.401. The SMILES string of the molecule is C=C(CCC(O)(O)OC(=O)c1ccccc1)C(=O)O. The summed E-state index contributed by atoms with van der Waals surface area (Å²) >= 11 is 0. The maximum Gasteiger partial charge on any atom is 0.342 e. The van der Waals surface area contributed by atoms with Crippen molar-refractivity contribution >= 4 is 11.9 Å². The highest BCUT2D eigenvalue weighted by Crippen LogP contribution is 2.17. The minimum atomic E-state index is -2.73. The lowest BCUT2D eigenvalue weighted by Gasteiger charge is -2.21. The first kappa shape index (κ1) is 14.9. The number of carboxylic acids is 1. The zero-order valence-electron chi connectivity index (χ0n) is 10.1. The molecule has 1 rings (SSSR count). The number of ether oxygens (including phenoxy) is 1. The summed E-state index contributed by atoms with van der Waals surface area (Å²) in [6.45, 7) is 3.23. The Morgan fingerprint density at radius 2 is 1.79 bits per heavy atom. The molecule has 0 aliphatic heterocycles. The Labute approximate surface area is 109 Å². The first-order chi connectivity index (χ1) is 8.82. The van der Waals surface area contributed by atoms with E-state index >= 15 is 0 Å². The lowest BCUT2D eigenvalue weighted by Crippen LogP contribution is -2.34. The standard InChI is InChI=1S/C13H14O6/c1-9(11(14)15)7-8-13(17,18)19-12(16)10-5-3-2-4-6-10/h2-6,17-18H,1,7-8H2,(H,14,15). The number of hydrogen-bond donors (Lipinski definition) is 3. The normalized spacial score (nSPS) is 10.8. The smallest absolute Gasteiger partial charge is 0.342 e. The van der Waals surface area contributed by atoms with Crippen LogP contribution in [0.15, 0.2) is 42.5 Å². The van der Waals surface area contributed by atoms with Gasteiger partial charge in [-0.1, -0.05) is 24.8 Å². The average Bonchev–Trinajstić information content (AvgIpc) is 2.36. The van der Waals surface area contributed by atoms with Crippen LogP contribution >= 0.6 is 0 Å². The predicted octanol–water partition coefficient (Wildman–Crippen LogP) is 0.903. The summed E-state index contributed by atoms with van der Waals surface area (Å²) in [5, 5.41) is 27.5. The molecule has 6 nitrogen and oxygen atoms in total. The summed E-state index contributed by atoms with van der Waals surface area (Å²) in [6.07, 6.45) is -0.693. The van der Waals surface area contributed by atoms with Crippen LogP contribution in [-0.4, -0.2) is 33.2 Å². The molecule has 0 saturated carbocycles. The second kappa shape index (κ2) is 6.12. The average molecular weight is 266 g/mol. The van der Waals surface area contributed by atoms with E-state index in [1.54, 1.807) is 18.2 Å². The van der Waals surface area contributed by atoms with E-state index in [4.69, 9.17) is 5.11 Å². The van der Waals surface area contributed by atoms with E-state index in [1.807, 2.05) is 0 Å². The molecule has 102 valence electrons. The van der Waals surface area contributed by atoms with Crippen LogP contribution in [0.2, 0.25) is 0 Å². The van der Waals surface area contributed by atoms with E-state index in [-0.39, 0.29) is 17.6 Å². The van der Waals surface area contributed by atoms with Crippen LogP contribution < -0.4 is 0 Å². The van der Waals surface area contributed by atoms with Crippen LogP contribution in [0.25, 0.3) is 0 Å². The summed E-state index contributed by atoms with van der Waals surface area (Å²) in [5.74, 6) is -4.89. The van der Waals surface area contributed by atoms with Crippen molar-refractivity contribution in [2.45, 2.75) is 18.8 Å². The van der Waals surface area contributed by atoms with Crippen LogP contribution in [0.1, 0.15) is 23.2 Å². The van der Waals surface area contributed by atoms with E-state index in [0.717, 1.165) is 0 Å². The molecule has 0 fully saturated rings. The summed E-state index contributed by atoms with van der Waals surface area (Å²) in [5.41, 5.74) is -0.0460. The molecule has 0 aromatic heterocycles. The molecular formula is C13H14O6. The van der Waals surface area contributed by atoms with E-state index in [0.29, 0.717) is 0 Å². The highest BCUT2D eigenvalue weighted by atomic mass is 16.8. The molecule has 0 saturated heterocycles. The molecule has 0 bridgehead atoms. The van der Waals surface area contributed by atoms with Crippen LogP contribution in [0.5, 0.6) is 0 Å². The minimum Gasteiger partial charge on any atom is -0.478 e. The van der Waals surface area contributed by atoms with Gasteiger partial charge in [0.2, 0.25) is 0 Å². The van der Waals surface area contributed by atoms with Crippen molar-refractivity contribution in [2.75, 3.05) is 0 Å². The van der Waals surface area contributed by atoms with Gasteiger partial charge in [0.05, 0.1) is 5.56 Å². The van der Waals surface area contributed by atoms with Crippen molar-refractivity contribution in [3.05, 3.63) is 48.0 Å². The monoisotopic (exact) mass is 266 g/mol. The number of carbonyl (C=O) groups excluding carboxylic acids is 1. The third kappa shape index (κ3) is 4.90. The number of aliphatic hydroxyl groups is 2. The second-order valence-electron chi connectivity index (χ2n) is 3.91. The molecule has 0 amide bonds. The fourth-order valence-electron chi connectivity index (χ4n) is 1.25. The number of rotatable bonds is 6. The van der Waals surface area contributed by atoms with Gasteiger partial charge < -0.3 is 20.1 Å². The molecule has 0 aliphatic carbocycles. The van der Waals surface area contributed by atoms with Crippen molar-refractivity contribution in [3.8, 4) is 0 Å². The van der Waals surface area contributed by atoms with Gasteiger partial charge in [-0.15, -0.1) is 0 Å². The number of esters is 1. The molecule has 3 N–H and O–H groups in total. The lowest BCUT2D eigenvalue weighted by atomic mass is 10.1. The van der Waals surface area contributed by atoms with E-state index < -0.39 is 24.3 Å². The Bertz CT molecular complexity index is 477. The highest BCUT2D eigenvalue weighted by molar-refractivity contribution is 5.89. The van der Waals surface area contributed by atoms with Gasteiger partial charge in [0.1, 0.15) is 0 Å². The van der Waals surface area contributed by atoms with Crippen LogP contribution in [0.4, 0.5) is 0 Å². The van der Waals surface area contributed by atoms with Crippen molar-refractivity contribution in [1.29, 1.82) is 0 Å². The molecule has 0 heterocycles. The zero-order valence-corrected chi connectivity index (χ0v) is 10.1. The Kier molecular flexibility index (Phi) is 4.80. The van der Waals surface area contributed by atoms with Crippen LogP contribution in [0, 0.1) is 0 Å². The Balaban J connectivity index is 2.57. The van der Waals surface area contributed by atoms with Crippen molar-refractivity contribution < 1.29 is 29.6 Å². The van der Waals surface area contributed by atoms with Crippen molar-refractivity contribution in [3.63, 3.8) is 0 Å². The van der Waals surface area contributed by atoms with Crippen LogP contribution in [-0.2, 0) is 9.53 Å². The second-order valence-corrected chi connectivity index (χ2v) is 3.91. The Morgan fingerprint density at radius 1 is 1.21 bits per heavy atom. The summed E-state index contributed by atoms with van der Waals surface area (Å²) in [6, 6.07) is 7.79. The Morgan fingerprint density at radius 3 is 2.32 bits per heavy atom. The summed E-state index contributed by atoms with van der Waals surface area (Å²) < 4.78 is 4.49. The fraction of sp³-hybridized carbons (Fsp3) is 0.231. The van der Waals surface area contributed by atoms with E-state index in [1.165, 1.54) is 12.1 Å². The summed E-state index contributed by atoms with van der Waals surface area (Å²) in [4.78, 5) is 22.0. The van der Waals surface area contributed by atoms with Gasteiger partial charge in [-0.05, 0) is 18.6 Å². The molecule has 19 heavy (non-hydrogen) atoms. The van der Waals surface area contributed by atoms with Gasteiger partial charge in [0, 0.05) is 12.0 Å². The largest absolute Gasteiger partial charge is 0.478 e. The lowest BCUT2D eigenvalue weighted by molar-refractivity contribution is -0.310. The van der Waals surface area contributed by atoms with Crippen molar-refractivity contribution in [1.82, 2.24) is 0 Å². The molecule has 0 unspecified atom stereocenters. The van der Waals surface area contributed by atoms with E-state index in [9.17, 15) is 19.8 Å². The molecule has 1 aromatic carbocycles. The topological polar surface area (TPSA) is 104 Å². The zero-order chi connectivity index (χ0) is 14.5. The molecule has 1 aromatic rings. The molecule has 0 aliphatic rings. The number of aliphatic carboxylic acids is 1. The third-order valence-electron chi connectivity index (χ3n) is 2.32. The number of hydrogen-bond acceptors (Lipinski definition) is 5. The number of benzene rings is 1. The third-order valence-corrected chi connectivity index (χ3v) is 2.32. The van der Waals surface area contributed by atoms with Crippen molar-refractivity contribution in [2.24, 2.45) is 0 Å². The first-order valence-corrected chi connectivity index (χ1v) is 5.46. The maximum atomic E-state index is 11.6. The van der Waals surface area contributed by atoms with Gasteiger partial charge in [0.25, 0.3) is 0 Å². The fourth-order valence-corrected chi connectivity index (χ4v) is 1.25. The first-order valence-electron chi connectivity index (χ1n) is 5.46. The molecule has 6 heteroatoms. The van der Waals surface area contributed by atoms with Gasteiger partial charge >= 0.3 is 17.9 Å². The van der Waals surface area contributed by atoms with Gasteiger partial charge in [-0.25, -0.2) is 9.59 Å². The minimum absolute atomic E-state index is 0.159. The van der Waals surface area contributed by atoms with Gasteiger partial charge in [-0.2, -0.15) is 0 Å². The number of carbonyl (C=O) groups is 2. The van der Waals surface area contributed by atoms with Gasteiger partial charge in [0.15, 0.2) is 0 Å².